The maximum atomic E-state index is 12.3. The Bertz CT molecular complexity index is 704. The molecule has 5 nitrogen and oxygen atoms in total. The molecular weight excluding hydrogens is 300 g/mol. The minimum absolute atomic E-state index is 0.0634. The molecule has 0 aromatic heterocycles. The predicted molar refractivity (Wildman–Crippen MR) is 86.9 cm³/mol. The second kappa shape index (κ2) is 6.36. The highest BCUT2D eigenvalue weighted by molar-refractivity contribution is 6.30. The number of benzene rings is 2. The summed E-state index contributed by atoms with van der Waals surface area (Å²) in [4.78, 5) is 12.3. The molecule has 0 heterocycles. The highest BCUT2D eigenvalue weighted by Crippen LogP contribution is 2.30. The monoisotopic (exact) mass is 317 g/mol. The van der Waals surface area contributed by atoms with Gasteiger partial charge in [0.2, 0.25) is 0 Å². The number of carbonyl (C=O) groups is 1. The molecule has 2 aromatic carbocycles. The van der Waals surface area contributed by atoms with Crippen LogP contribution >= 0.6 is 11.6 Å². The minimum Gasteiger partial charge on any atom is -0.319 e. The van der Waals surface area contributed by atoms with Crippen LogP contribution < -0.4 is 21.9 Å². The standard InChI is InChI=1S/C16H17ClN4O/c17-11-6-8-14(21-18)15(9-11)20-16(22)19-13-7-5-10-3-1-2-4-12(10)13/h1-4,6,8-9,13,21H,5,7,18H2,(H2,19,20,22)/p+1. The van der Waals surface area contributed by atoms with E-state index in [1.165, 1.54) is 16.4 Å². The van der Waals surface area contributed by atoms with Crippen molar-refractivity contribution in [1.82, 2.24) is 5.32 Å². The van der Waals surface area contributed by atoms with Gasteiger partial charge in [-0.3, -0.25) is 11.2 Å². The second-order valence-electron chi connectivity index (χ2n) is 5.32. The molecule has 0 saturated heterocycles. The van der Waals surface area contributed by atoms with Gasteiger partial charge in [-0.05, 0) is 36.1 Å². The molecule has 0 radical (unpaired) electrons. The molecule has 2 amide bonds. The Morgan fingerprint density at radius 2 is 2.09 bits per heavy atom. The lowest BCUT2D eigenvalue weighted by atomic mass is 10.1. The molecule has 2 aromatic rings. The third kappa shape index (κ3) is 3.06. The van der Waals surface area contributed by atoms with Crippen molar-refractivity contribution in [2.45, 2.75) is 18.9 Å². The number of nitrogen functional groups attached to an aromatic ring is 1. The Kier molecular flexibility index (Phi) is 4.29. The highest BCUT2D eigenvalue weighted by atomic mass is 35.5. The van der Waals surface area contributed by atoms with Gasteiger partial charge in [-0.1, -0.05) is 35.9 Å². The van der Waals surface area contributed by atoms with Gasteiger partial charge in [0.25, 0.3) is 0 Å². The fourth-order valence-corrected chi connectivity index (χ4v) is 3.03. The molecule has 0 saturated carbocycles. The first-order valence-electron chi connectivity index (χ1n) is 7.16. The lowest BCUT2D eigenvalue weighted by Gasteiger charge is -2.13. The molecule has 1 aliphatic rings. The van der Waals surface area contributed by atoms with E-state index in [-0.39, 0.29) is 12.1 Å². The molecule has 1 aliphatic carbocycles. The second-order valence-corrected chi connectivity index (χ2v) is 5.76. The van der Waals surface area contributed by atoms with Gasteiger partial charge < -0.3 is 5.43 Å². The Morgan fingerprint density at radius 3 is 2.91 bits per heavy atom. The van der Waals surface area contributed by atoms with Crippen LogP contribution in [-0.4, -0.2) is 6.03 Å². The van der Waals surface area contributed by atoms with Gasteiger partial charge in [0.15, 0.2) is 5.69 Å². The summed E-state index contributed by atoms with van der Waals surface area (Å²) in [6, 6.07) is 13.3. The molecule has 114 valence electrons. The van der Waals surface area contributed by atoms with Crippen molar-refractivity contribution in [3.8, 4) is 0 Å². The fraction of sp³-hybridized carbons (Fsp3) is 0.188. The molecule has 6 heteroatoms. The van der Waals surface area contributed by atoms with E-state index in [1.54, 1.807) is 18.2 Å². The van der Waals surface area contributed by atoms with Crippen molar-refractivity contribution in [3.63, 3.8) is 0 Å². The number of carbonyl (C=O) groups excluding carboxylic acids is 1. The molecule has 6 N–H and O–H groups in total. The number of anilines is 1. The maximum Gasteiger partial charge on any atom is 0.418 e. The summed E-state index contributed by atoms with van der Waals surface area (Å²) < 4.78 is 0. The van der Waals surface area contributed by atoms with E-state index in [2.05, 4.69) is 22.9 Å². The lowest BCUT2D eigenvalue weighted by Crippen LogP contribution is -2.85. The largest absolute Gasteiger partial charge is 0.418 e. The van der Waals surface area contributed by atoms with Crippen molar-refractivity contribution in [1.29, 1.82) is 0 Å². The normalized spacial score (nSPS) is 16.2. The van der Waals surface area contributed by atoms with Crippen LogP contribution in [0.4, 0.5) is 16.2 Å². The third-order valence-corrected chi connectivity index (χ3v) is 4.14. The molecule has 3 rings (SSSR count). The molecular formula is C16H18ClN4O+. The smallest absolute Gasteiger partial charge is 0.319 e. The molecule has 1 unspecified atom stereocenters. The van der Waals surface area contributed by atoms with Crippen molar-refractivity contribution < 1.29 is 10.1 Å². The van der Waals surface area contributed by atoms with Crippen molar-refractivity contribution >= 4 is 29.0 Å². The van der Waals surface area contributed by atoms with E-state index in [0.29, 0.717) is 16.4 Å². The van der Waals surface area contributed by atoms with Gasteiger partial charge in [0.1, 0.15) is 5.69 Å². The summed E-state index contributed by atoms with van der Waals surface area (Å²) in [5.41, 5.74) is 6.40. The number of nitrogens with two attached hydrogens (primary N) is 2. The summed E-state index contributed by atoms with van der Waals surface area (Å²) in [6.45, 7) is 0. The predicted octanol–water partition coefficient (Wildman–Crippen LogP) is 2.22. The average Bonchev–Trinajstić information content (AvgIpc) is 2.91. The first kappa shape index (κ1) is 14.8. The number of nitrogens with one attached hydrogen (secondary N) is 2. The van der Waals surface area contributed by atoms with Gasteiger partial charge in [0, 0.05) is 11.1 Å². The summed E-state index contributed by atoms with van der Waals surface area (Å²) >= 11 is 5.97. The Morgan fingerprint density at radius 1 is 1.27 bits per heavy atom. The first-order valence-corrected chi connectivity index (χ1v) is 7.54. The van der Waals surface area contributed by atoms with Gasteiger partial charge in [0.05, 0.1) is 6.04 Å². The van der Waals surface area contributed by atoms with Crippen LogP contribution in [0, 0.1) is 0 Å². The number of quaternary nitrogens is 1. The van der Waals surface area contributed by atoms with Crippen LogP contribution in [0.2, 0.25) is 5.02 Å². The van der Waals surface area contributed by atoms with E-state index in [4.69, 9.17) is 17.4 Å². The quantitative estimate of drug-likeness (QED) is 0.398. The van der Waals surface area contributed by atoms with Gasteiger partial charge in [-0.25, -0.2) is 10.1 Å². The van der Waals surface area contributed by atoms with E-state index in [9.17, 15) is 4.79 Å². The van der Waals surface area contributed by atoms with Gasteiger partial charge >= 0.3 is 6.03 Å². The SMILES string of the molecule is NNc1ccc(Cl)cc1[NH2+]C(=O)NC1CCc2ccccc21. The Labute approximate surface area is 133 Å². The molecule has 0 spiro atoms. The average molecular weight is 318 g/mol. The number of halogens is 1. The lowest BCUT2D eigenvalue weighted by molar-refractivity contribution is -0.464. The maximum absolute atomic E-state index is 12.3. The minimum atomic E-state index is -0.152. The zero-order valence-electron chi connectivity index (χ0n) is 12.0. The van der Waals surface area contributed by atoms with E-state index < -0.39 is 0 Å². The van der Waals surface area contributed by atoms with E-state index >= 15 is 0 Å². The first-order chi connectivity index (χ1) is 10.7. The number of rotatable bonds is 3. The molecule has 0 aliphatic heterocycles. The number of aryl methyl sites for hydroxylation is 1. The third-order valence-electron chi connectivity index (χ3n) is 3.91. The zero-order valence-corrected chi connectivity index (χ0v) is 12.7. The van der Waals surface area contributed by atoms with Gasteiger partial charge in [-0.2, -0.15) is 0 Å². The van der Waals surface area contributed by atoms with E-state index in [1.807, 2.05) is 12.1 Å². The molecule has 0 fully saturated rings. The van der Waals surface area contributed by atoms with E-state index in [0.717, 1.165) is 12.8 Å². The topological polar surface area (TPSA) is 83.8 Å². The van der Waals surface area contributed by atoms with Crippen LogP contribution in [0.1, 0.15) is 23.6 Å². The summed E-state index contributed by atoms with van der Waals surface area (Å²) in [7, 11) is 0. The summed E-state index contributed by atoms with van der Waals surface area (Å²) in [6.07, 6.45) is 1.92. The number of urea groups is 1. The van der Waals surface area contributed by atoms with Crippen LogP contribution in [0.15, 0.2) is 42.5 Å². The number of hydrogen-bond acceptors (Lipinski definition) is 3. The number of hydrogen-bond donors (Lipinski definition) is 4. The van der Waals surface area contributed by atoms with Crippen molar-refractivity contribution in [3.05, 3.63) is 58.6 Å². The van der Waals surface area contributed by atoms with Crippen LogP contribution in [-0.2, 0) is 6.42 Å². The summed E-state index contributed by atoms with van der Waals surface area (Å²) in [5.74, 6) is 5.46. The van der Waals surface area contributed by atoms with Crippen molar-refractivity contribution in [2.75, 3.05) is 5.43 Å². The summed E-state index contributed by atoms with van der Waals surface area (Å²) in [5, 5.41) is 5.12. The number of amides is 2. The number of hydrazine groups is 1. The van der Waals surface area contributed by atoms with Gasteiger partial charge in [-0.15, -0.1) is 0 Å². The number of fused-ring (bicyclic) bond motifs is 1. The van der Waals surface area contributed by atoms with Crippen LogP contribution in [0.25, 0.3) is 0 Å². The zero-order chi connectivity index (χ0) is 15.5. The van der Waals surface area contributed by atoms with Crippen molar-refractivity contribution in [2.24, 2.45) is 5.84 Å². The number of primary amides is 1. The Hall–Kier alpha value is -2.08. The van der Waals surface area contributed by atoms with Crippen LogP contribution in [0.5, 0.6) is 0 Å². The fourth-order valence-electron chi connectivity index (χ4n) is 2.85. The highest BCUT2D eigenvalue weighted by Gasteiger charge is 2.25. The Balaban J connectivity index is 1.70. The molecule has 0 bridgehead atoms. The van der Waals surface area contributed by atoms with Crippen LogP contribution in [0.3, 0.4) is 0 Å². The molecule has 1 atom stereocenters. The molecule has 22 heavy (non-hydrogen) atoms.